The van der Waals surface area contributed by atoms with Gasteiger partial charge in [0.1, 0.15) is 0 Å². The van der Waals surface area contributed by atoms with E-state index in [0.29, 0.717) is 0 Å². The van der Waals surface area contributed by atoms with E-state index < -0.39 is 0 Å². The molecule has 2 heteroatoms. The highest BCUT2D eigenvalue weighted by atomic mass is 15.0. The maximum absolute atomic E-state index is 3.69. The summed E-state index contributed by atoms with van der Waals surface area (Å²) in [5.41, 5.74) is 1.38. The number of nitrogens with one attached hydrogen (secondary N) is 2. The van der Waals surface area contributed by atoms with Gasteiger partial charge in [-0.05, 0) is 29.9 Å². The topological polar surface area (TPSA) is 27.8 Å². The van der Waals surface area contributed by atoms with Gasteiger partial charge < -0.3 is 10.3 Å². The second-order valence-electron chi connectivity index (χ2n) is 5.50. The third-order valence-corrected chi connectivity index (χ3v) is 4.33. The van der Waals surface area contributed by atoms with Crippen molar-refractivity contribution < 1.29 is 0 Å². The molecule has 88 valence electrons. The van der Waals surface area contributed by atoms with Crippen LogP contribution in [0.4, 0.5) is 0 Å². The first-order valence-corrected chi connectivity index (χ1v) is 6.78. The molecule has 2 fully saturated rings. The molecule has 2 N–H and O–H groups in total. The third-order valence-electron chi connectivity index (χ3n) is 4.33. The second-order valence-corrected chi connectivity index (χ2v) is 5.50. The van der Waals surface area contributed by atoms with Crippen LogP contribution in [0.15, 0.2) is 18.5 Å². The quantitative estimate of drug-likeness (QED) is 0.798. The van der Waals surface area contributed by atoms with Gasteiger partial charge in [-0.1, -0.05) is 32.1 Å². The first kappa shape index (κ1) is 10.4. The normalized spacial score (nSPS) is 30.5. The maximum atomic E-state index is 3.69. The summed E-state index contributed by atoms with van der Waals surface area (Å²) in [4.78, 5) is 3.11. The average molecular weight is 218 g/mol. The van der Waals surface area contributed by atoms with E-state index in [0.717, 1.165) is 24.4 Å². The van der Waals surface area contributed by atoms with Crippen LogP contribution in [0.2, 0.25) is 0 Å². The Labute approximate surface area is 97.8 Å². The zero-order chi connectivity index (χ0) is 10.8. The van der Waals surface area contributed by atoms with Gasteiger partial charge in [-0.15, -0.1) is 0 Å². The average Bonchev–Trinajstić information content (AvgIpc) is 2.93. The molecule has 16 heavy (non-hydrogen) atoms. The standard InChI is InChI=1S/C14H22N2/c1-2-4-12(5-3-1)13-8-14(13)16-10-11-6-7-15-9-11/h6-7,9,12-16H,1-5,8,10H2. The van der Waals surface area contributed by atoms with Crippen LogP contribution in [0.5, 0.6) is 0 Å². The Morgan fingerprint density at radius 1 is 1.25 bits per heavy atom. The smallest absolute Gasteiger partial charge is 0.0223 e. The van der Waals surface area contributed by atoms with Gasteiger partial charge in [-0.3, -0.25) is 0 Å². The summed E-state index contributed by atoms with van der Waals surface area (Å²) in [5, 5.41) is 3.69. The van der Waals surface area contributed by atoms with Gasteiger partial charge in [-0.2, -0.15) is 0 Å². The molecule has 2 unspecified atom stereocenters. The summed E-state index contributed by atoms with van der Waals surface area (Å²) in [6.07, 6.45) is 12.9. The molecular formula is C14H22N2. The number of hydrogen-bond donors (Lipinski definition) is 2. The summed E-state index contributed by atoms with van der Waals surface area (Å²) < 4.78 is 0. The van der Waals surface area contributed by atoms with Crippen molar-refractivity contribution in [2.45, 2.75) is 51.1 Å². The second kappa shape index (κ2) is 4.62. The number of aromatic amines is 1. The Hall–Kier alpha value is -0.760. The molecule has 0 aromatic carbocycles. The number of rotatable bonds is 4. The molecule has 1 aromatic heterocycles. The van der Waals surface area contributed by atoms with Crippen LogP contribution in [0.1, 0.15) is 44.1 Å². The van der Waals surface area contributed by atoms with E-state index in [1.807, 2.05) is 6.20 Å². The van der Waals surface area contributed by atoms with E-state index in [1.165, 1.54) is 44.1 Å². The summed E-state index contributed by atoms with van der Waals surface area (Å²) in [7, 11) is 0. The Morgan fingerprint density at radius 2 is 2.12 bits per heavy atom. The molecule has 0 bridgehead atoms. The van der Waals surface area contributed by atoms with E-state index >= 15 is 0 Å². The molecule has 2 aliphatic carbocycles. The van der Waals surface area contributed by atoms with E-state index in [1.54, 1.807) is 0 Å². The predicted molar refractivity (Wildman–Crippen MR) is 66.1 cm³/mol. The molecule has 2 saturated carbocycles. The minimum absolute atomic E-state index is 0.818. The predicted octanol–water partition coefficient (Wildman–Crippen LogP) is 3.07. The Bertz CT molecular complexity index is 311. The molecule has 0 spiro atoms. The summed E-state index contributed by atoms with van der Waals surface area (Å²) in [6, 6.07) is 2.98. The number of H-pyrrole nitrogens is 1. The van der Waals surface area contributed by atoms with Crippen LogP contribution < -0.4 is 5.32 Å². The lowest BCUT2D eigenvalue weighted by Gasteiger charge is -2.21. The van der Waals surface area contributed by atoms with Crippen molar-refractivity contribution in [3.63, 3.8) is 0 Å². The first-order valence-electron chi connectivity index (χ1n) is 6.78. The molecule has 0 amide bonds. The van der Waals surface area contributed by atoms with Gasteiger partial charge in [-0.25, -0.2) is 0 Å². The first-order chi connectivity index (χ1) is 7.93. The van der Waals surface area contributed by atoms with Crippen LogP contribution in [0.25, 0.3) is 0 Å². The van der Waals surface area contributed by atoms with E-state index in [2.05, 4.69) is 22.6 Å². The van der Waals surface area contributed by atoms with Crippen LogP contribution in [0.3, 0.4) is 0 Å². The highest BCUT2D eigenvalue weighted by Crippen LogP contribution is 2.44. The van der Waals surface area contributed by atoms with Gasteiger partial charge in [0.15, 0.2) is 0 Å². The number of aromatic nitrogens is 1. The van der Waals surface area contributed by atoms with Crippen molar-refractivity contribution in [3.8, 4) is 0 Å². The minimum atomic E-state index is 0.818. The van der Waals surface area contributed by atoms with Gasteiger partial charge in [0.05, 0.1) is 0 Å². The lowest BCUT2D eigenvalue weighted by Crippen LogP contribution is -2.21. The molecule has 0 radical (unpaired) electrons. The van der Waals surface area contributed by atoms with Crippen molar-refractivity contribution in [1.29, 1.82) is 0 Å². The van der Waals surface area contributed by atoms with E-state index in [-0.39, 0.29) is 0 Å². The lowest BCUT2D eigenvalue weighted by molar-refractivity contribution is 0.312. The lowest BCUT2D eigenvalue weighted by atomic mass is 9.85. The van der Waals surface area contributed by atoms with Crippen LogP contribution in [-0.2, 0) is 6.54 Å². The number of hydrogen-bond acceptors (Lipinski definition) is 1. The Morgan fingerprint density at radius 3 is 2.88 bits per heavy atom. The fourth-order valence-electron chi connectivity index (χ4n) is 3.25. The van der Waals surface area contributed by atoms with Gasteiger partial charge in [0.25, 0.3) is 0 Å². The molecule has 2 atom stereocenters. The highest BCUT2D eigenvalue weighted by Gasteiger charge is 2.42. The third kappa shape index (κ3) is 2.32. The van der Waals surface area contributed by atoms with Crippen molar-refractivity contribution in [2.75, 3.05) is 0 Å². The molecule has 0 aliphatic heterocycles. The molecule has 1 aromatic rings. The summed E-state index contributed by atoms with van der Waals surface area (Å²) in [6.45, 7) is 1.04. The summed E-state index contributed by atoms with van der Waals surface area (Å²) >= 11 is 0. The van der Waals surface area contributed by atoms with Crippen molar-refractivity contribution >= 4 is 0 Å². The van der Waals surface area contributed by atoms with Crippen LogP contribution in [-0.4, -0.2) is 11.0 Å². The SMILES string of the molecule is c1cc(CNC2CC2C2CCCCC2)c[nH]1. The fourth-order valence-corrected chi connectivity index (χ4v) is 3.25. The van der Waals surface area contributed by atoms with Gasteiger partial charge >= 0.3 is 0 Å². The minimum Gasteiger partial charge on any atom is -0.367 e. The van der Waals surface area contributed by atoms with Crippen LogP contribution in [0, 0.1) is 11.8 Å². The van der Waals surface area contributed by atoms with Crippen LogP contribution >= 0.6 is 0 Å². The Balaban J connectivity index is 1.42. The zero-order valence-corrected chi connectivity index (χ0v) is 9.91. The molecule has 3 rings (SSSR count). The highest BCUT2D eigenvalue weighted by molar-refractivity contribution is 5.09. The molecule has 2 aliphatic rings. The zero-order valence-electron chi connectivity index (χ0n) is 9.91. The monoisotopic (exact) mass is 218 g/mol. The Kier molecular flexibility index (Phi) is 3.00. The van der Waals surface area contributed by atoms with Crippen molar-refractivity contribution in [2.24, 2.45) is 11.8 Å². The molecule has 2 nitrogen and oxygen atoms in total. The van der Waals surface area contributed by atoms with Gasteiger partial charge in [0.2, 0.25) is 0 Å². The van der Waals surface area contributed by atoms with Gasteiger partial charge in [0, 0.05) is 25.0 Å². The largest absolute Gasteiger partial charge is 0.367 e. The van der Waals surface area contributed by atoms with E-state index in [9.17, 15) is 0 Å². The van der Waals surface area contributed by atoms with E-state index in [4.69, 9.17) is 0 Å². The van der Waals surface area contributed by atoms with Crippen molar-refractivity contribution in [3.05, 3.63) is 24.0 Å². The maximum Gasteiger partial charge on any atom is 0.0223 e. The molecule has 0 saturated heterocycles. The summed E-state index contributed by atoms with van der Waals surface area (Å²) in [5.74, 6) is 2.04. The molecule has 1 heterocycles. The molecular weight excluding hydrogens is 196 g/mol. The van der Waals surface area contributed by atoms with Crippen molar-refractivity contribution in [1.82, 2.24) is 10.3 Å². The fraction of sp³-hybridized carbons (Fsp3) is 0.714.